The Kier molecular flexibility index (Phi) is 5.82. The Hall–Kier alpha value is -6.25. The van der Waals surface area contributed by atoms with E-state index >= 15 is 4.39 Å². The molecule has 0 spiro atoms. The molecule has 0 atom stereocenters. The number of halogens is 1. The number of fused-ring (bicyclic) bond motifs is 7. The van der Waals surface area contributed by atoms with Crippen LogP contribution in [0.5, 0.6) is 0 Å². The summed E-state index contributed by atoms with van der Waals surface area (Å²) in [5.74, 6) is -0.183. The maximum Gasteiger partial charge on any atom is 0.138 e. The fraction of sp³-hybridized carbons (Fsp3) is 0. The van der Waals surface area contributed by atoms with E-state index in [1.807, 2.05) is 48.5 Å². The molecule has 1 aromatic heterocycles. The molecule has 0 N–H and O–H groups in total. The van der Waals surface area contributed by atoms with Crippen LogP contribution in [0.25, 0.3) is 98.4 Å². The van der Waals surface area contributed by atoms with Gasteiger partial charge in [-0.2, -0.15) is 0 Å². The quantitative estimate of drug-likeness (QED) is 0.181. The normalized spacial score (nSPS) is 11.9. The molecule has 0 radical (unpaired) electrons. The van der Waals surface area contributed by atoms with Crippen LogP contribution in [-0.2, 0) is 0 Å². The molecule has 0 unspecified atom stereocenters. The van der Waals surface area contributed by atoms with Crippen LogP contribution in [0.4, 0.5) is 4.39 Å². The van der Waals surface area contributed by atoms with Crippen LogP contribution in [0.15, 0.2) is 168 Å². The topological polar surface area (TPSA) is 13.1 Å². The molecule has 0 fully saturated rings. The third-order valence-electron chi connectivity index (χ3n) is 9.91. The van der Waals surface area contributed by atoms with Crippen molar-refractivity contribution < 1.29 is 8.81 Å². The van der Waals surface area contributed by atoms with Crippen molar-refractivity contribution in [3.8, 4) is 33.4 Å². The first-order valence-corrected chi connectivity index (χ1v) is 16.3. The smallest absolute Gasteiger partial charge is 0.138 e. The summed E-state index contributed by atoms with van der Waals surface area (Å²) in [6.07, 6.45) is 0. The van der Waals surface area contributed by atoms with Gasteiger partial charge in [-0.25, -0.2) is 4.39 Å². The first-order valence-electron chi connectivity index (χ1n) is 16.3. The highest BCUT2D eigenvalue weighted by molar-refractivity contribution is 6.26. The van der Waals surface area contributed by atoms with Crippen molar-refractivity contribution in [1.29, 1.82) is 0 Å². The van der Waals surface area contributed by atoms with E-state index in [9.17, 15) is 0 Å². The molecule has 48 heavy (non-hydrogen) atoms. The van der Waals surface area contributed by atoms with Crippen molar-refractivity contribution in [1.82, 2.24) is 0 Å². The van der Waals surface area contributed by atoms with E-state index in [0.29, 0.717) is 10.8 Å². The van der Waals surface area contributed by atoms with Crippen molar-refractivity contribution in [2.24, 2.45) is 0 Å². The summed E-state index contributed by atoms with van der Waals surface area (Å²) in [4.78, 5) is 0. The van der Waals surface area contributed by atoms with E-state index < -0.39 is 0 Å². The molecule has 1 heterocycles. The van der Waals surface area contributed by atoms with E-state index in [2.05, 4.69) is 115 Å². The number of hydrogen-bond acceptors (Lipinski definition) is 1. The van der Waals surface area contributed by atoms with Crippen LogP contribution in [0.1, 0.15) is 0 Å². The van der Waals surface area contributed by atoms with Crippen LogP contribution in [-0.4, -0.2) is 0 Å². The molecule has 0 aliphatic carbocycles. The van der Waals surface area contributed by atoms with E-state index in [0.717, 1.165) is 49.4 Å². The second kappa shape index (κ2) is 10.4. The lowest BCUT2D eigenvalue weighted by Crippen LogP contribution is -1.91. The summed E-state index contributed by atoms with van der Waals surface area (Å²) in [7, 11) is 0. The number of furan rings is 1. The first kappa shape index (κ1) is 26.9. The van der Waals surface area contributed by atoms with Gasteiger partial charge >= 0.3 is 0 Å². The van der Waals surface area contributed by atoms with Crippen molar-refractivity contribution >= 4 is 65.0 Å². The minimum atomic E-state index is -0.183. The van der Waals surface area contributed by atoms with E-state index in [-0.39, 0.29) is 5.82 Å². The summed E-state index contributed by atoms with van der Waals surface area (Å²) in [5.41, 5.74) is 8.46. The highest BCUT2D eigenvalue weighted by Gasteiger charge is 2.21. The Labute approximate surface area is 276 Å². The van der Waals surface area contributed by atoms with E-state index in [1.165, 1.54) is 38.2 Å². The second-order valence-electron chi connectivity index (χ2n) is 12.5. The molecule has 9 aromatic carbocycles. The van der Waals surface area contributed by atoms with Gasteiger partial charge in [-0.1, -0.05) is 146 Å². The number of benzene rings is 9. The lowest BCUT2D eigenvalue weighted by Gasteiger charge is -2.18. The molecule has 0 saturated carbocycles. The lowest BCUT2D eigenvalue weighted by molar-refractivity contribution is 0.651. The molecule has 0 saturated heterocycles. The van der Waals surface area contributed by atoms with Crippen LogP contribution >= 0.6 is 0 Å². The van der Waals surface area contributed by atoms with Gasteiger partial charge in [0.05, 0.1) is 0 Å². The Morgan fingerprint density at radius 3 is 1.40 bits per heavy atom. The minimum absolute atomic E-state index is 0.183. The summed E-state index contributed by atoms with van der Waals surface area (Å²) < 4.78 is 22.4. The van der Waals surface area contributed by atoms with Crippen molar-refractivity contribution in [2.45, 2.75) is 0 Å². The van der Waals surface area contributed by atoms with Gasteiger partial charge in [0.1, 0.15) is 17.0 Å². The van der Waals surface area contributed by atoms with E-state index in [1.54, 1.807) is 0 Å². The van der Waals surface area contributed by atoms with Gasteiger partial charge in [0, 0.05) is 21.5 Å². The maximum atomic E-state index is 15.7. The average Bonchev–Trinajstić information content (AvgIpc) is 3.53. The van der Waals surface area contributed by atoms with Gasteiger partial charge in [-0.3, -0.25) is 0 Å². The zero-order valence-corrected chi connectivity index (χ0v) is 25.9. The SMILES string of the molecule is Fc1c2ccccc2c(-c2ccc3c(c2)oc2cccc(-c4c5ccccc5c(-c5ccccc5)c5ccccc45)c23)c2ccccc12. The van der Waals surface area contributed by atoms with Gasteiger partial charge < -0.3 is 4.42 Å². The fourth-order valence-corrected chi connectivity index (χ4v) is 7.91. The third kappa shape index (κ3) is 3.84. The summed E-state index contributed by atoms with van der Waals surface area (Å²) >= 11 is 0. The summed E-state index contributed by atoms with van der Waals surface area (Å²) in [6.45, 7) is 0. The highest BCUT2D eigenvalue weighted by Crippen LogP contribution is 2.47. The molecule has 2 heteroatoms. The predicted octanol–water partition coefficient (Wildman–Crippen LogP) is 13.3. The first-order chi connectivity index (χ1) is 23.8. The van der Waals surface area contributed by atoms with Crippen molar-refractivity contribution in [3.63, 3.8) is 0 Å². The Morgan fingerprint density at radius 1 is 0.333 bits per heavy atom. The molecule has 224 valence electrons. The largest absolute Gasteiger partial charge is 0.456 e. The molecule has 1 nitrogen and oxygen atoms in total. The second-order valence-corrected chi connectivity index (χ2v) is 12.5. The Bertz CT molecular complexity index is 2780. The van der Waals surface area contributed by atoms with Crippen LogP contribution < -0.4 is 0 Å². The minimum Gasteiger partial charge on any atom is -0.456 e. The van der Waals surface area contributed by atoms with Gasteiger partial charge in [0.2, 0.25) is 0 Å². The molecule has 0 aliphatic rings. The van der Waals surface area contributed by atoms with Crippen molar-refractivity contribution in [3.05, 3.63) is 170 Å². The third-order valence-corrected chi connectivity index (χ3v) is 9.91. The van der Waals surface area contributed by atoms with Crippen molar-refractivity contribution in [2.75, 3.05) is 0 Å². The lowest BCUT2D eigenvalue weighted by atomic mass is 9.85. The zero-order valence-electron chi connectivity index (χ0n) is 25.9. The molecule has 0 aliphatic heterocycles. The molecule has 10 aromatic rings. The van der Waals surface area contributed by atoms with Gasteiger partial charge in [0.25, 0.3) is 0 Å². The summed E-state index contributed by atoms with van der Waals surface area (Å²) in [5, 5.41) is 10.0. The molecule has 0 bridgehead atoms. The van der Waals surface area contributed by atoms with Gasteiger partial charge in [-0.05, 0) is 83.9 Å². The average molecular weight is 615 g/mol. The molecular weight excluding hydrogens is 588 g/mol. The van der Waals surface area contributed by atoms with Gasteiger partial charge in [-0.15, -0.1) is 0 Å². The van der Waals surface area contributed by atoms with Crippen LogP contribution in [0.3, 0.4) is 0 Å². The maximum absolute atomic E-state index is 15.7. The van der Waals surface area contributed by atoms with Crippen LogP contribution in [0, 0.1) is 5.82 Å². The predicted molar refractivity (Wildman–Crippen MR) is 200 cm³/mol. The molecule has 10 rings (SSSR count). The Morgan fingerprint density at radius 2 is 0.812 bits per heavy atom. The fourth-order valence-electron chi connectivity index (χ4n) is 7.91. The van der Waals surface area contributed by atoms with Crippen LogP contribution in [0.2, 0.25) is 0 Å². The molecule has 0 amide bonds. The summed E-state index contributed by atoms with van der Waals surface area (Å²) in [6, 6.07) is 56.5. The Balaban J connectivity index is 1.27. The monoisotopic (exact) mass is 614 g/mol. The number of hydrogen-bond donors (Lipinski definition) is 0. The van der Waals surface area contributed by atoms with Gasteiger partial charge in [0.15, 0.2) is 0 Å². The number of rotatable bonds is 3. The zero-order chi connectivity index (χ0) is 31.8. The molecular formula is C46H27FO. The van der Waals surface area contributed by atoms with E-state index in [4.69, 9.17) is 4.42 Å². The highest BCUT2D eigenvalue weighted by atomic mass is 19.1. The standard InChI is InChI=1S/C46H27FO/c47-46-36-21-10-8-19-34(36)43(35-20-9-11-22-37(35)46)29-25-26-38-41(27-29)48-40-24-12-23-39(45(38)40)44-32-17-6-4-15-30(32)42(28-13-2-1-3-14-28)31-16-5-7-18-33(31)44/h1-27H.